The fourth-order valence-corrected chi connectivity index (χ4v) is 2.68. The van der Waals surface area contributed by atoms with Gasteiger partial charge in [0, 0.05) is 6.04 Å². The Balaban J connectivity index is 3.29. The van der Waals surface area contributed by atoms with Crippen LogP contribution in [0.1, 0.15) is 48.6 Å². The Hall–Kier alpha value is -1.06. The smallest absolute Gasteiger partial charge is 0.124 e. The third-order valence-corrected chi connectivity index (χ3v) is 4.24. The third kappa shape index (κ3) is 3.10. The maximum Gasteiger partial charge on any atom is 0.124 e. The normalized spacial score (nSPS) is 13.5. The van der Waals surface area contributed by atoms with Crippen LogP contribution >= 0.6 is 0 Å². The Labute approximate surface area is 117 Å². The third-order valence-electron chi connectivity index (χ3n) is 4.24. The molecule has 0 radical (unpaired) electrons. The molecule has 0 saturated carbocycles. The lowest BCUT2D eigenvalue weighted by Crippen LogP contribution is -2.32. The summed E-state index contributed by atoms with van der Waals surface area (Å²) in [7, 11) is 1.72. The van der Waals surface area contributed by atoms with Crippen molar-refractivity contribution < 1.29 is 4.74 Å². The van der Waals surface area contributed by atoms with Gasteiger partial charge in [0.1, 0.15) is 5.75 Å². The molecule has 0 aliphatic rings. The van der Waals surface area contributed by atoms with Crippen LogP contribution in [-0.4, -0.2) is 13.7 Å². The number of aryl methyl sites for hydroxylation is 1. The summed E-state index contributed by atoms with van der Waals surface area (Å²) in [4.78, 5) is 0. The Morgan fingerprint density at radius 1 is 1.21 bits per heavy atom. The first kappa shape index (κ1) is 16.0. The average molecular weight is 264 g/mol. The van der Waals surface area contributed by atoms with Crippen LogP contribution in [-0.2, 0) is 0 Å². The summed E-state index contributed by atoms with van der Waals surface area (Å²) in [6.07, 6.45) is 0.914. The zero-order valence-corrected chi connectivity index (χ0v) is 13.1. The second-order valence-electron chi connectivity index (χ2n) is 6.07. The maximum atomic E-state index is 6.49. The zero-order chi connectivity index (χ0) is 14.8. The molecule has 1 unspecified atom stereocenters. The van der Waals surface area contributed by atoms with Crippen molar-refractivity contribution in [1.29, 1.82) is 0 Å². The van der Waals surface area contributed by atoms with Crippen LogP contribution in [0.3, 0.4) is 0 Å². The molecule has 0 heterocycles. The molecule has 3 heteroatoms. The fourth-order valence-electron chi connectivity index (χ4n) is 2.68. The van der Waals surface area contributed by atoms with E-state index in [2.05, 4.69) is 40.7 Å². The molecular weight excluding hydrogens is 236 g/mol. The Morgan fingerprint density at radius 3 is 2.26 bits per heavy atom. The molecule has 0 amide bonds. The minimum atomic E-state index is -0.0145. The Morgan fingerprint density at radius 2 is 1.79 bits per heavy atom. The van der Waals surface area contributed by atoms with E-state index in [1.165, 1.54) is 16.7 Å². The highest BCUT2D eigenvalue weighted by atomic mass is 16.5. The van der Waals surface area contributed by atoms with Gasteiger partial charge in [-0.15, -0.1) is 0 Å². The minimum Gasteiger partial charge on any atom is -0.496 e. The van der Waals surface area contributed by atoms with Crippen molar-refractivity contribution in [2.75, 3.05) is 13.7 Å². The average Bonchev–Trinajstić information content (AvgIpc) is 2.33. The lowest BCUT2D eigenvalue weighted by molar-refractivity contribution is 0.270. The van der Waals surface area contributed by atoms with Crippen LogP contribution in [0.15, 0.2) is 6.07 Å². The molecular formula is C16H28N2O. The topological polar surface area (TPSA) is 61.3 Å². The molecule has 3 nitrogen and oxygen atoms in total. The predicted octanol–water partition coefficient (Wildman–Crippen LogP) is 3.00. The first-order valence-corrected chi connectivity index (χ1v) is 6.86. The molecule has 19 heavy (non-hydrogen) atoms. The van der Waals surface area contributed by atoms with Crippen molar-refractivity contribution in [2.24, 2.45) is 16.9 Å². The van der Waals surface area contributed by atoms with Crippen LogP contribution in [0, 0.1) is 26.2 Å². The van der Waals surface area contributed by atoms with Gasteiger partial charge in [0.15, 0.2) is 0 Å². The second-order valence-corrected chi connectivity index (χ2v) is 6.07. The van der Waals surface area contributed by atoms with Crippen molar-refractivity contribution in [3.8, 4) is 5.75 Å². The fraction of sp³-hybridized carbons (Fsp3) is 0.625. The number of nitrogens with two attached hydrogens (primary N) is 2. The van der Waals surface area contributed by atoms with E-state index in [-0.39, 0.29) is 11.5 Å². The summed E-state index contributed by atoms with van der Waals surface area (Å²) in [5, 5.41) is 0. The number of methoxy groups -OCH3 is 1. The molecule has 0 aliphatic carbocycles. The first-order valence-electron chi connectivity index (χ1n) is 6.86. The Bertz CT molecular complexity index is 453. The minimum absolute atomic E-state index is 0.00697. The summed E-state index contributed by atoms with van der Waals surface area (Å²) in [6, 6.07) is 2.14. The van der Waals surface area contributed by atoms with Gasteiger partial charge in [-0.25, -0.2) is 0 Å². The highest BCUT2D eigenvalue weighted by Gasteiger charge is 2.29. The largest absolute Gasteiger partial charge is 0.496 e. The van der Waals surface area contributed by atoms with Gasteiger partial charge in [-0.3, -0.25) is 0 Å². The van der Waals surface area contributed by atoms with E-state index < -0.39 is 0 Å². The molecule has 0 aliphatic heterocycles. The lowest BCUT2D eigenvalue weighted by atomic mass is 9.76. The van der Waals surface area contributed by atoms with E-state index >= 15 is 0 Å². The van der Waals surface area contributed by atoms with Crippen LogP contribution < -0.4 is 16.2 Å². The number of hydrogen-bond donors (Lipinski definition) is 2. The van der Waals surface area contributed by atoms with E-state index in [1.807, 2.05) is 0 Å². The molecule has 1 aromatic rings. The molecule has 108 valence electrons. The molecule has 0 saturated heterocycles. The maximum absolute atomic E-state index is 6.49. The van der Waals surface area contributed by atoms with Gasteiger partial charge in [-0.1, -0.05) is 19.9 Å². The molecule has 1 atom stereocenters. The SMILES string of the molecule is COc1c(C)cc(C(N)C(C)(C)CCN)c(C)c1C. The number of ether oxygens (including phenoxy) is 1. The van der Waals surface area contributed by atoms with Gasteiger partial charge < -0.3 is 16.2 Å². The quantitative estimate of drug-likeness (QED) is 0.859. The monoisotopic (exact) mass is 264 g/mol. The lowest BCUT2D eigenvalue weighted by Gasteiger charge is -2.33. The predicted molar refractivity (Wildman–Crippen MR) is 81.6 cm³/mol. The summed E-state index contributed by atoms with van der Waals surface area (Å²) in [5.74, 6) is 0.963. The van der Waals surface area contributed by atoms with Crippen molar-refractivity contribution in [3.05, 3.63) is 28.3 Å². The first-order chi connectivity index (χ1) is 8.76. The molecule has 0 spiro atoms. The van der Waals surface area contributed by atoms with Gasteiger partial charge in [-0.05, 0) is 61.4 Å². The van der Waals surface area contributed by atoms with Gasteiger partial charge >= 0.3 is 0 Å². The second kappa shape index (κ2) is 5.93. The number of benzene rings is 1. The van der Waals surface area contributed by atoms with Gasteiger partial charge in [0.05, 0.1) is 7.11 Å². The highest BCUT2D eigenvalue weighted by molar-refractivity contribution is 5.50. The van der Waals surface area contributed by atoms with Crippen molar-refractivity contribution in [2.45, 2.75) is 47.1 Å². The van der Waals surface area contributed by atoms with Crippen LogP contribution in [0.4, 0.5) is 0 Å². The molecule has 1 rings (SSSR count). The number of hydrogen-bond acceptors (Lipinski definition) is 3. The summed E-state index contributed by atoms with van der Waals surface area (Å²) in [5.41, 5.74) is 16.9. The van der Waals surface area contributed by atoms with E-state index in [0.717, 1.165) is 17.7 Å². The molecule has 0 aromatic heterocycles. The standard InChI is InChI=1S/C16H28N2O/c1-10-9-13(11(2)12(3)14(10)19-6)15(18)16(4,5)7-8-17/h9,15H,7-8,17-18H2,1-6H3. The van der Waals surface area contributed by atoms with Gasteiger partial charge in [0.2, 0.25) is 0 Å². The summed E-state index contributed by atoms with van der Waals surface area (Å²) >= 11 is 0. The number of rotatable bonds is 5. The Kier molecular flexibility index (Phi) is 4.99. The summed E-state index contributed by atoms with van der Waals surface area (Å²) < 4.78 is 5.46. The highest BCUT2D eigenvalue weighted by Crippen LogP contribution is 2.39. The molecule has 4 N–H and O–H groups in total. The summed E-state index contributed by atoms with van der Waals surface area (Å²) in [6.45, 7) is 11.3. The van der Waals surface area contributed by atoms with Crippen molar-refractivity contribution >= 4 is 0 Å². The molecule has 0 bridgehead atoms. The van der Waals surface area contributed by atoms with Crippen molar-refractivity contribution in [3.63, 3.8) is 0 Å². The van der Waals surface area contributed by atoms with Crippen molar-refractivity contribution in [1.82, 2.24) is 0 Å². The van der Waals surface area contributed by atoms with E-state index in [0.29, 0.717) is 6.54 Å². The molecule has 0 fully saturated rings. The zero-order valence-electron chi connectivity index (χ0n) is 13.1. The van der Waals surface area contributed by atoms with Gasteiger partial charge in [0.25, 0.3) is 0 Å². The van der Waals surface area contributed by atoms with Crippen LogP contribution in [0.5, 0.6) is 5.75 Å². The van der Waals surface area contributed by atoms with Crippen LogP contribution in [0.2, 0.25) is 0 Å². The van der Waals surface area contributed by atoms with E-state index in [1.54, 1.807) is 7.11 Å². The molecule has 1 aromatic carbocycles. The van der Waals surface area contributed by atoms with Gasteiger partial charge in [-0.2, -0.15) is 0 Å². The van der Waals surface area contributed by atoms with Crippen LogP contribution in [0.25, 0.3) is 0 Å². The van der Waals surface area contributed by atoms with E-state index in [9.17, 15) is 0 Å². The van der Waals surface area contributed by atoms with E-state index in [4.69, 9.17) is 16.2 Å².